The van der Waals surface area contributed by atoms with Crippen molar-refractivity contribution in [1.82, 2.24) is 9.97 Å². The lowest BCUT2D eigenvalue weighted by molar-refractivity contribution is -0.137. The summed E-state index contributed by atoms with van der Waals surface area (Å²) in [4.78, 5) is 30.0. The number of nitrogens with one attached hydrogen (secondary N) is 1. The number of aliphatic carboxylic acids is 1. The van der Waals surface area contributed by atoms with Gasteiger partial charge in [0.05, 0.1) is 6.42 Å². The van der Waals surface area contributed by atoms with Gasteiger partial charge in [0, 0.05) is 18.4 Å². The topological polar surface area (TPSA) is 118 Å². The van der Waals surface area contributed by atoms with Crippen molar-refractivity contribution in [3.8, 4) is 0 Å². The van der Waals surface area contributed by atoms with Crippen LogP contribution in [0.25, 0.3) is 0 Å². The Morgan fingerprint density at radius 2 is 1.95 bits per heavy atom. The van der Waals surface area contributed by atoms with Gasteiger partial charge in [0.25, 0.3) is 5.91 Å². The van der Waals surface area contributed by atoms with Gasteiger partial charge in [-0.25, -0.2) is 9.97 Å². The predicted octanol–water partition coefficient (Wildman–Crippen LogP) is 0.877. The highest BCUT2D eigenvalue weighted by Crippen LogP contribution is 2.25. The average molecular weight is 266 g/mol. The Morgan fingerprint density at radius 3 is 2.42 bits per heavy atom. The molecule has 4 N–H and O–H groups in total. The molecule has 1 rings (SSSR count). The number of nitrogens with two attached hydrogens (primary N) is 1. The van der Waals surface area contributed by atoms with Crippen molar-refractivity contribution in [3.05, 3.63) is 18.1 Å². The van der Waals surface area contributed by atoms with E-state index in [4.69, 9.17) is 10.8 Å². The van der Waals surface area contributed by atoms with Gasteiger partial charge < -0.3 is 16.2 Å². The third kappa shape index (κ3) is 4.20. The van der Waals surface area contributed by atoms with Crippen LogP contribution in [0.4, 0.5) is 5.82 Å². The zero-order valence-electron chi connectivity index (χ0n) is 11.2. The van der Waals surface area contributed by atoms with E-state index in [0.717, 1.165) is 0 Å². The lowest BCUT2D eigenvalue weighted by atomic mass is 9.84. The van der Waals surface area contributed by atoms with E-state index >= 15 is 0 Å². The first-order chi connectivity index (χ1) is 8.71. The highest BCUT2D eigenvalue weighted by Gasteiger charge is 2.28. The molecule has 0 aromatic carbocycles. The lowest BCUT2D eigenvalue weighted by Gasteiger charge is -2.31. The quantitative estimate of drug-likeness (QED) is 0.728. The van der Waals surface area contributed by atoms with Crippen molar-refractivity contribution in [3.63, 3.8) is 0 Å². The average Bonchev–Trinajstić information content (AvgIpc) is 2.26. The van der Waals surface area contributed by atoms with Gasteiger partial charge in [0.15, 0.2) is 11.5 Å². The summed E-state index contributed by atoms with van der Waals surface area (Å²) in [5.41, 5.74) is 4.88. The number of primary amides is 1. The molecule has 0 aliphatic heterocycles. The number of hydrogen-bond acceptors (Lipinski definition) is 5. The molecule has 0 saturated carbocycles. The molecular weight excluding hydrogens is 248 g/mol. The van der Waals surface area contributed by atoms with E-state index in [1.165, 1.54) is 12.4 Å². The van der Waals surface area contributed by atoms with Crippen molar-refractivity contribution in [2.75, 3.05) is 5.32 Å². The minimum absolute atomic E-state index is 0.00198. The second-order valence-corrected chi connectivity index (χ2v) is 5.28. The second-order valence-electron chi connectivity index (χ2n) is 5.28. The summed E-state index contributed by atoms with van der Waals surface area (Å²) >= 11 is 0. The van der Waals surface area contributed by atoms with Gasteiger partial charge >= 0.3 is 5.97 Å². The smallest absolute Gasteiger partial charge is 0.305 e. The van der Waals surface area contributed by atoms with Gasteiger partial charge in [-0.2, -0.15) is 0 Å². The maximum Gasteiger partial charge on any atom is 0.305 e. The number of carboxylic acids is 1. The molecule has 0 radical (unpaired) electrons. The first kappa shape index (κ1) is 14.9. The van der Waals surface area contributed by atoms with Crippen molar-refractivity contribution in [1.29, 1.82) is 0 Å². The van der Waals surface area contributed by atoms with Crippen LogP contribution in [0, 0.1) is 5.41 Å². The molecule has 7 nitrogen and oxygen atoms in total. The highest BCUT2D eigenvalue weighted by molar-refractivity contribution is 5.95. The molecule has 1 amide bonds. The van der Waals surface area contributed by atoms with Crippen LogP contribution < -0.4 is 11.1 Å². The highest BCUT2D eigenvalue weighted by atomic mass is 16.4. The number of carbonyl (C=O) groups excluding carboxylic acids is 1. The van der Waals surface area contributed by atoms with Crippen molar-refractivity contribution in [2.45, 2.75) is 33.2 Å². The summed E-state index contributed by atoms with van der Waals surface area (Å²) in [5, 5.41) is 11.9. The number of anilines is 1. The monoisotopic (exact) mass is 266 g/mol. The molecule has 0 fully saturated rings. The van der Waals surface area contributed by atoms with Crippen molar-refractivity contribution >= 4 is 17.7 Å². The summed E-state index contributed by atoms with van der Waals surface area (Å²) in [7, 11) is 0. The fourth-order valence-corrected chi connectivity index (χ4v) is 1.54. The molecule has 104 valence electrons. The van der Waals surface area contributed by atoms with E-state index in [1.54, 1.807) is 0 Å². The van der Waals surface area contributed by atoms with Crippen LogP contribution in [0.2, 0.25) is 0 Å². The summed E-state index contributed by atoms with van der Waals surface area (Å²) in [5.74, 6) is -1.44. The lowest BCUT2D eigenvalue weighted by Crippen LogP contribution is -2.37. The molecule has 1 unspecified atom stereocenters. The normalized spacial score (nSPS) is 12.8. The maximum atomic E-state index is 11.2. The number of amides is 1. The SMILES string of the molecule is CC(C)(C)C(CC(=O)O)Nc1nccnc1C(N)=O. The number of aromatic nitrogens is 2. The molecule has 0 aliphatic rings. The van der Waals surface area contributed by atoms with E-state index in [0.29, 0.717) is 0 Å². The van der Waals surface area contributed by atoms with E-state index in [9.17, 15) is 9.59 Å². The molecule has 0 aliphatic carbocycles. The predicted molar refractivity (Wildman–Crippen MR) is 69.7 cm³/mol. The number of hydrogen-bond donors (Lipinski definition) is 3. The molecule has 0 bridgehead atoms. The fourth-order valence-electron chi connectivity index (χ4n) is 1.54. The Morgan fingerprint density at radius 1 is 1.37 bits per heavy atom. The zero-order valence-corrected chi connectivity index (χ0v) is 11.2. The Labute approximate surface area is 111 Å². The molecule has 0 saturated heterocycles. The molecule has 0 spiro atoms. The van der Waals surface area contributed by atoms with Crippen LogP contribution in [0.1, 0.15) is 37.7 Å². The standard InChI is InChI=1S/C12H18N4O3/c1-12(2,3)7(6-8(17)18)16-11-9(10(13)19)14-4-5-15-11/h4-5,7H,6H2,1-3H3,(H2,13,19)(H,15,16)(H,17,18). The fraction of sp³-hybridized carbons (Fsp3) is 0.500. The molecule has 1 aromatic rings. The van der Waals surface area contributed by atoms with Crippen molar-refractivity contribution < 1.29 is 14.7 Å². The summed E-state index contributed by atoms with van der Waals surface area (Å²) in [6.07, 6.45) is 2.67. The first-order valence-electron chi connectivity index (χ1n) is 5.81. The Balaban J connectivity index is 3.03. The molecule has 19 heavy (non-hydrogen) atoms. The summed E-state index contributed by atoms with van der Waals surface area (Å²) in [6, 6.07) is -0.403. The van der Waals surface area contributed by atoms with Gasteiger partial charge in [-0.15, -0.1) is 0 Å². The van der Waals surface area contributed by atoms with Crippen molar-refractivity contribution in [2.24, 2.45) is 11.1 Å². The molecular formula is C12H18N4O3. The minimum atomic E-state index is -0.933. The molecule has 1 heterocycles. The molecule has 1 aromatic heterocycles. The van der Waals surface area contributed by atoms with Gasteiger partial charge in [0.2, 0.25) is 0 Å². The number of rotatable bonds is 5. The number of carbonyl (C=O) groups is 2. The van der Waals surface area contributed by atoms with Crippen LogP contribution >= 0.6 is 0 Å². The maximum absolute atomic E-state index is 11.2. The van der Waals surface area contributed by atoms with E-state index in [-0.39, 0.29) is 23.3 Å². The van der Waals surface area contributed by atoms with Crippen LogP contribution in [0.5, 0.6) is 0 Å². The Kier molecular flexibility index (Phi) is 4.42. The van der Waals surface area contributed by atoms with Crippen LogP contribution in [-0.2, 0) is 4.79 Å². The van der Waals surface area contributed by atoms with E-state index in [2.05, 4.69) is 15.3 Å². The van der Waals surface area contributed by atoms with Crippen LogP contribution in [0.15, 0.2) is 12.4 Å². The van der Waals surface area contributed by atoms with Gasteiger partial charge in [-0.1, -0.05) is 20.8 Å². The van der Waals surface area contributed by atoms with Gasteiger partial charge in [-0.05, 0) is 5.41 Å². The van der Waals surface area contributed by atoms with Crippen LogP contribution in [0.3, 0.4) is 0 Å². The summed E-state index contributed by atoms with van der Waals surface area (Å²) in [6.45, 7) is 5.69. The van der Waals surface area contributed by atoms with E-state index in [1.807, 2.05) is 20.8 Å². The zero-order chi connectivity index (χ0) is 14.6. The van der Waals surface area contributed by atoms with Gasteiger partial charge in [0.1, 0.15) is 0 Å². The minimum Gasteiger partial charge on any atom is -0.481 e. The van der Waals surface area contributed by atoms with E-state index < -0.39 is 17.9 Å². The second kappa shape index (κ2) is 5.64. The molecule has 7 heteroatoms. The number of carboxylic acid groups (broad SMARTS) is 1. The Hall–Kier alpha value is -2.18. The number of nitrogens with zero attached hydrogens (tertiary/aromatic N) is 2. The largest absolute Gasteiger partial charge is 0.481 e. The first-order valence-corrected chi connectivity index (χ1v) is 5.81. The molecule has 1 atom stereocenters. The van der Waals surface area contributed by atoms with Gasteiger partial charge in [-0.3, -0.25) is 9.59 Å². The summed E-state index contributed by atoms with van der Waals surface area (Å²) < 4.78 is 0. The third-order valence-corrected chi connectivity index (χ3v) is 2.67. The van der Waals surface area contributed by atoms with Crippen LogP contribution in [-0.4, -0.2) is 33.0 Å². The third-order valence-electron chi connectivity index (χ3n) is 2.67. The Bertz CT molecular complexity index is 482.